The van der Waals surface area contributed by atoms with E-state index in [0.29, 0.717) is 0 Å². The van der Waals surface area contributed by atoms with E-state index in [1.165, 1.54) is 32.2 Å². The van der Waals surface area contributed by atoms with Crippen molar-refractivity contribution in [3.8, 4) is 0 Å². The van der Waals surface area contributed by atoms with Crippen molar-refractivity contribution in [1.29, 1.82) is 0 Å². The monoisotopic (exact) mass is 173 g/mol. The molecule has 76 valence electrons. The third-order valence-corrected chi connectivity index (χ3v) is 2.28. The van der Waals surface area contributed by atoms with Crippen LogP contribution in [0.5, 0.6) is 0 Å². The summed E-state index contributed by atoms with van der Waals surface area (Å²) in [5, 5.41) is 3.60. The van der Waals surface area contributed by atoms with Gasteiger partial charge in [-0.25, -0.2) is 0 Å². The first kappa shape index (κ1) is 12.0. The van der Waals surface area contributed by atoms with Crippen LogP contribution < -0.4 is 5.32 Å². The quantitative estimate of drug-likeness (QED) is 0.622. The van der Waals surface area contributed by atoms with Crippen LogP contribution >= 0.6 is 0 Å². The van der Waals surface area contributed by atoms with Crippen molar-refractivity contribution in [3.05, 3.63) is 0 Å². The van der Waals surface area contributed by atoms with Gasteiger partial charge in [0.15, 0.2) is 0 Å². The van der Waals surface area contributed by atoms with E-state index >= 15 is 0 Å². The Morgan fingerprint density at radius 1 is 1.17 bits per heavy atom. The predicted octanol–water partition coefficient (Wildman–Crippen LogP) is 3.45. The largest absolute Gasteiger partial charge is 0.314 e. The van der Waals surface area contributed by atoms with E-state index in [2.05, 4.69) is 33.0 Å². The van der Waals surface area contributed by atoms with Gasteiger partial charge in [0.2, 0.25) is 0 Å². The summed E-state index contributed by atoms with van der Waals surface area (Å²) in [6.45, 7) is 10.3. The van der Waals surface area contributed by atoms with Crippen molar-refractivity contribution in [2.45, 2.75) is 59.4 Å². The van der Waals surface area contributed by atoms with Crippen molar-refractivity contribution in [3.63, 3.8) is 0 Å². The van der Waals surface area contributed by atoms with Gasteiger partial charge < -0.3 is 5.32 Å². The summed E-state index contributed by atoms with van der Waals surface area (Å²) in [6.07, 6.45) is 5.20. The maximum absolute atomic E-state index is 3.60. The second kappa shape index (κ2) is 7.60. The van der Waals surface area contributed by atoms with Gasteiger partial charge >= 0.3 is 0 Å². The van der Waals surface area contributed by atoms with Crippen molar-refractivity contribution in [1.82, 2.24) is 5.32 Å². The van der Waals surface area contributed by atoms with Gasteiger partial charge in [-0.3, -0.25) is 0 Å². The minimum Gasteiger partial charge on any atom is -0.314 e. The summed E-state index contributed by atoms with van der Waals surface area (Å²) in [5.41, 5.74) is 0. The first-order chi connectivity index (χ1) is 5.70. The minimum atomic E-state index is 0. The third kappa shape index (κ3) is 6.66. The summed E-state index contributed by atoms with van der Waals surface area (Å²) in [5.74, 6) is 0.830. The van der Waals surface area contributed by atoms with Gasteiger partial charge in [0, 0.05) is 7.47 Å². The lowest BCUT2D eigenvalue weighted by atomic mass is 10.1. The number of hydrogen-bond acceptors (Lipinski definition) is 1. The van der Waals surface area contributed by atoms with E-state index in [0.717, 1.165) is 12.0 Å². The number of nitrogens with one attached hydrogen (secondary N) is 1. The Bertz CT molecular complexity index is 94.1. The Kier molecular flexibility index (Phi) is 7.58. The summed E-state index contributed by atoms with van der Waals surface area (Å²) >= 11 is 0. The molecule has 0 aromatic rings. The predicted molar refractivity (Wildman–Crippen MR) is 58.6 cm³/mol. The molecule has 0 radical (unpaired) electrons. The molecule has 1 atom stereocenters. The molecule has 0 aromatic heterocycles. The van der Waals surface area contributed by atoms with E-state index in [4.69, 9.17) is 0 Å². The lowest BCUT2D eigenvalue weighted by Crippen LogP contribution is -2.29. The Balaban J connectivity index is 0. The van der Waals surface area contributed by atoms with E-state index in [9.17, 15) is 0 Å². The SMILES string of the molecule is CCCC(CC)NCCC(C)C.[HH]. The molecule has 0 saturated heterocycles. The molecule has 12 heavy (non-hydrogen) atoms. The highest BCUT2D eigenvalue weighted by molar-refractivity contribution is 4.64. The maximum Gasteiger partial charge on any atom is 0.00643 e. The summed E-state index contributed by atoms with van der Waals surface area (Å²) < 4.78 is 0. The molecule has 1 nitrogen and oxygen atoms in total. The minimum absolute atomic E-state index is 0. The fourth-order valence-electron chi connectivity index (χ4n) is 1.38. The maximum atomic E-state index is 3.60. The van der Waals surface area contributed by atoms with E-state index in [1.807, 2.05) is 0 Å². The van der Waals surface area contributed by atoms with Crippen LogP contribution in [0.3, 0.4) is 0 Å². The highest BCUT2D eigenvalue weighted by Gasteiger charge is 2.03. The number of hydrogen-bond donors (Lipinski definition) is 1. The number of rotatable bonds is 7. The molecule has 0 aliphatic carbocycles. The third-order valence-electron chi connectivity index (χ3n) is 2.28. The van der Waals surface area contributed by atoms with Crippen LogP contribution in [-0.2, 0) is 0 Å². The van der Waals surface area contributed by atoms with Crippen molar-refractivity contribution in [2.24, 2.45) is 5.92 Å². The Hall–Kier alpha value is -0.0400. The van der Waals surface area contributed by atoms with Crippen LogP contribution in [0.1, 0.15) is 54.8 Å². The molecule has 0 aliphatic heterocycles. The van der Waals surface area contributed by atoms with Gasteiger partial charge in [0.25, 0.3) is 0 Å². The van der Waals surface area contributed by atoms with E-state index in [-0.39, 0.29) is 1.43 Å². The molecular weight excluding hydrogens is 146 g/mol. The first-order valence-corrected chi connectivity index (χ1v) is 5.44. The zero-order chi connectivity index (χ0) is 9.40. The fraction of sp³-hybridized carbons (Fsp3) is 1.00. The average molecular weight is 173 g/mol. The van der Waals surface area contributed by atoms with E-state index in [1.54, 1.807) is 0 Å². The second-order valence-corrected chi connectivity index (χ2v) is 4.03. The molecule has 1 N–H and O–H groups in total. The van der Waals surface area contributed by atoms with Gasteiger partial charge in [-0.2, -0.15) is 0 Å². The van der Waals surface area contributed by atoms with Crippen LogP contribution in [0.25, 0.3) is 0 Å². The van der Waals surface area contributed by atoms with Crippen molar-refractivity contribution in [2.75, 3.05) is 6.54 Å². The molecule has 0 spiro atoms. The summed E-state index contributed by atoms with van der Waals surface area (Å²) in [6, 6.07) is 0.758. The second-order valence-electron chi connectivity index (χ2n) is 4.03. The fourth-order valence-corrected chi connectivity index (χ4v) is 1.38. The average Bonchev–Trinajstić information content (AvgIpc) is 2.02. The molecular formula is C11H27N. The van der Waals surface area contributed by atoms with Gasteiger partial charge in [-0.15, -0.1) is 0 Å². The standard InChI is InChI=1S/C11H25N.H2/c1-5-7-11(6-2)12-9-8-10(3)4;/h10-12H,5-9H2,1-4H3;1H. The zero-order valence-corrected chi connectivity index (χ0v) is 9.19. The molecule has 0 aliphatic rings. The smallest absolute Gasteiger partial charge is 0.00643 e. The van der Waals surface area contributed by atoms with Gasteiger partial charge in [-0.1, -0.05) is 34.1 Å². The Morgan fingerprint density at radius 3 is 2.25 bits per heavy atom. The van der Waals surface area contributed by atoms with Gasteiger partial charge in [0.1, 0.15) is 0 Å². The summed E-state index contributed by atoms with van der Waals surface area (Å²) in [4.78, 5) is 0. The first-order valence-electron chi connectivity index (χ1n) is 5.44. The lowest BCUT2D eigenvalue weighted by molar-refractivity contribution is 0.435. The molecule has 1 heteroatoms. The normalized spacial score (nSPS) is 13.8. The van der Waals surface area contributed by atoms with Crippen molar-refractivity contribution < 1.29 is 1.43 Å². The zero-order valence-electron chi connectivity index (χ0n) is 9.19. The van der Waals surface area contributed by atoms with Crippen LogP contribution in [0.4, 0.5) is 0 Å². The lowest BCUT2D eigenvalue weighted by Gasteiger charge is -2.16. The molecule has 0 fully saturated rings. The molecule has 1 unspecified atom stereocenters. The van der Waals surface area contributed by atoms with E-state index < -0.39 is 0 Å². The van der Waals surface area contributed by atoms with Gasteiger partial charge in [-0.05, 0) is 31.7 Å². The molecule has 0 amide bonds. The molecule has 0 aromatic carbocycles. The molecule has 0 rings (SSSR count). The van der Waals surface area contributed by atoms with Gasteiger partial charge in [0.05, 0.1) is 0 Å². The molecule has 0 bridgehead atoms. The summed E-state index contributed by atoms with van der Waals surface area (Å²) in [7, 11) is 0. The Labute approximate surface area is 79.4 Å². The Morgan fingerprint density at radius 2 is 1.83 bits per heavy atom. The van der Waals surface area contributed by atoms with Crippen molar-refractivity contribution >= 4 is 0 Å². The topological polar surface area (TPSA) is 12.0 Å². The van der Waals surface area contributed by atoms with Crippen LogP contribution in [0.2, 0.25) is 0 Å². The van der Waals surface area contributed by atoms with Crippen LogP contribution in [-0.4, -0.2) is 12.6 Å². The van der Waals surface area contributed by atoms with Crippen LogP contribution in [0, 0.1) is 5.92 Å². The van der Waals surface area contributed by atoms with Crippen LogP contribution in [0.15, 0.2) is 0 Å². The molecule has 0 heterocycles. The molecule has 0 saturated carbocycles. The highest BCUT2D eigenvalue weighted by Crippen LogP contribution is 2.02. The highest BCUT2D eigenvalue weighted by atomic mass is 14.9.